The fourth-order valence-corrected chi connectivity index (χ4v) is 9.11. The molecule has 4 fully saturated rings. The third kappa shape index (κ3) is 5.51. The Kier molecular flexibility index (Phi) is 9.58. The zero-order valence-corrected chi connectivity index (χ0v) is 24.1. The third-order valence-electron chi connectivity index (χ3n) is 11.8. The Labute approximate surface area is 220 Å². The molecule has 0 saturated heterocycles. The van der Waals surface area contributed by atoms with Crippen LogP contribution in [0, 0.1) is 46.3 Å². The van der Waals surface area contributed by atoms with Gasteiger partial charge in [0, 0.05) is 6.42 Å². The van der Waals surface area contributed by atoms with Crippen molar-refractivity contribution in [3.63, 3.8) is 0 Å². The molecule has 210 valence electrons. The van der Waals surface area contributed by atoms with Gasteiger partial charge in [-0.05, 0) is 132 Å². The van der Waals surface area contributed by atoms with E-state index in [0.717, 1.165) is 38.0 Å². The van der Waals surface area contributed by atoms with E-state index in [1.54, 1.807) is 0 Å². The lowest BCUT2D eigenvalue weighted by Crippen LogP contribution is -2.60. The molecule has 1 amide bonds. The normalized spacial score (nSPS) is 42.9. The van der Waals surface area contributed by atoms with Crippen molar-refractivity contribution in [3.8, 4) is 0 Å². The second kappa shape index (κ2) is 11.6. The van der Waals surface area contributed by atoms with Gasteiger partial charge in [-0.25, -0.2) is 0 Å². The fourth-order valence-electron chi connectivity index (χ4n) is 9.11. The summed E-state index contributed by atoms with van der Waals surface area (Å²) in [6, 6.07) is 0. The van der Waals surface area contributed by atoms with Gasteiger partial charge in [0.1, 0.15) is 5.79 Å². The summed E-state index contributed by atoms with van der Waals surface area (Å²) >= 11 is 0. The summed E-state index contributed by atoms with van der Waals surface area (Å²) in [5.41, 5.74) is 5.67. The molecule has 0 aromatic heterocycles. The van der Waals surface area contributed by atoms with Crippen molar-refractivity contribution in [2.24, 2.45) is 52.1 Å². The van der Waals surface area contributed by atoms with Gasteiger partial charge < -0.3 is 15.9 Å². The molecule has 4 saturated carbocycles. The van der Waals surface area contributed by atoms with Crippen LogP contribution in [0.2, 0.25) is 0 Å². The van der Waals surface area contributed by atoms with Crippen molar-refractivity contribution in [2.75, 3.05) is 21.1 Å². The standard InChI is InChI=1S/C24H41NO3.C5H15N3/c1-14(4-9-22(25)28)18-7-8-19-17-6-5-15-12-16(26)10-11-23(15,2)20(17)13-21(27)24(18,19)3;1-5(6-2,7-3)8-4/h14-21,26-27H,4-13H2,1-3H3,(H2,25,28);6-8H,1-4H3/t14-,15-,16-,17?,18-,19?,20?,21+,23+,24-;/m1./s1. The van der Waals surface area contributed by atoms with E-state index < -0.39 is 0 Å². The molecule has 4 aliphatic carbocycles. The Bertz CT molecular complexity index is 738. The first-order valence-electron chi connectivity index (χ1n) is 14.6. The number of aliphatic hydroxyl groups excluding tert-OH is 2. The summed E-state index contributed by atoms with van der Waals surface area (Å²) in [6.45, 7) is 9.11. The average Bonchev–Trinajstić information content (AvgIpc) is 3.22. The predicted octanol–water partition coefficient (Wildman–Crippen LogP) is 3.20. The van der Waals surface area contributed by atoms with Crippen molar-refractivity contribution in [1.29, 1.82) is 0 Å². The molecule has 0 aromatic rings. The minimum Gasteiger partial charge on any atom is -0.393 e. The molecule has 7 N–H and O–H groups in total. The van der Waals surface area contributed by atoms with Gasteiger partial charge in [-0.15, -0.1) is 0 Å². The van der Waals surface area contributed by atoms with Crippen LogP contribution in [0.4, 0.5) is 0 Å². The number of aliphatic hydroxyl groups is 2. The lowest BCUT2D eigenvalue weighted by Gasteiger charge is -2.62. The van der Waals surface area contributed by atoms with Crippen LogP contribution in [-0.4, -0.2) is 55.3 Å². The van der Waals surface area contributed by atoms with Gasteiger partial charge in [-0.2, -0.15) is 0 Å². The summed E-state index contributed by atoms with van der Waals surface area (Å²) in [5, 5.41) is 30.9. The van der Waals surface area contributed by atoms with Gasteiger partial charge in [0.25, 0.3) is 0 Å². The van der Waals surface area contributed by atoms with E-state index in [0.29, 0.717) is 41.4 Å². The molecule has 0 aliphatic heterocycles. The molecule has 3 unspecified atom stereocenters. The lowest BCUT2D eigenvalue weighted by atomic mass is 9.43. The Balaban J connectivity index is 0.000000392. The van der Waals surface area contributed by atoms with Crippen LogP contribution < -0.4 is 21.7 Å². The van der Waals surface area contributed by atoms with Gasteiger partial charge >= 0.3 is 0 Å². The summed E-state index contributed by atoms with van der Waals surface area (Å²) in [7, 11) is 5.69. The highest BCUT2D eigenvalue weighted by Crippen LogP contribution is 2.68. The maximum absolute atomic E-state index is 11.5. The minimum absolute atomic E-state index is 0.0182. The second-order valence-electron chi connectivity index (χ2n) is 13.2. The number of amides is 1. The van der Waals surface area contributed by atoms with E-state index in [9.17, 15) is 15.0 Å². The first kappa shape index (κ1) is 29.8. The zero-order valence-electron chi connectivity index (χ0n) is 24.1. The van der Waals surface area contributed by atoms with Crippen molar-refractivity contribution in [3.05, 3.63) is 0 Å². The maximum Gasteiger partial charge on any atom is 0.217 e. The second-order valence-corrected chi connectivity index (χ2v) is 13.2. The van der Waals surface area contributed by atoms with E-state index >= 15 is 0 Å². The molecule has 0 heterocycles. The molecule has 10 atom stereocenters. The Hall–Kier alpha value is -0.730. The molecular formula is C29H56N4O3. The first-order chi connectivity index (χ1) is 16.9. The van der Waals surface area contributed by atoms with Crippen LogP contribution in [-0.2, 0) is 4.79 Å². The van der Waals surface area contributed by atoms with Gasteiger partial charge in [-0.3, -0.25) is 20.7 Å². The monoisotopic (exact) mass is 508 g/mol. The van der Waals surface area contributed by atoms with E-state index in [2.05, 4.69) is 36.7 Å². The molecule has 0 spiro atoms. The highest BCUT2D eigenvalue weighted by atomic mass is 16.3. The lowest BCUT2D eigenvalue weighted by molar-refractivity contribution is -0.174. The largest absolute Gasteiger partial charge is 0.393 e. The number of rotatable bonds is 7. The molecule has 0 aromatic carbocycles. The van der Waals surface area contributed by atoms with Gasteiger partial charge in [0.2, 0.25) is 5.91 Å². The van der Waals surface area contributed by atoms with Crippen LogP contribution in [0.3, 0.4) is 0 Å². The minimum atomic E-state index is -0.246. The summed E-state index contributed by atoms with van der Waals surface area (Å²) in [5.74, 6) is 3.15. The maximum atomic E-state index is 11.5. The third-order valence-corrected chi connectivity index (χ3v) is 11.8. The van der Waals surface area contributed by atoms with Crippen LogP contribution in [0.1, 0.15) is 91.9 Å². The number of nitrogens with two attached hydrogens (primary N) is 1. The molecule has 36 heavy (non-hydrogen) atoms. The van der Waals surface area contributed by atoms with Gasteiger partial charge in [0.15, 0.2) is 0 Å². The summed E-state index contributed by atoms with van der Waals surface area (Å²) in [4.78, 5) is 11.3. The Morgan fingerprint density at radius 1 is 1.00 bits per heavy atom. The highest BCUT2D eigenvalue weighted by Gasteiger charge is 2.63. The van der Waals surface area contributed by atoms with Gasteiger partial charge in [-0.1, -0.05) is 20.8 Å². The van der Waals surface area contributed by atoms with Crippen LogP contribution >= 0.6 is 0 Å². The highest BCUT2D eigenvalue weighted by molar-refractivity contribution is 5.73. The quantitative estimate of drug-likeness (QED) is 0.294. The molecule has 0 bridgehead atoms. The fraction of sp³-hybridized carbons (Fsp3) is 0.966. The summed E-state index contributed by atoms with van der Waals surface area (Å²) in [6.07, 6.45) is 9.82. The molecular weight excluding hydrogens is 452 g/mol. The van der Waals surface area contributed by atoms with Gasteiger partial charge in [0.05, 0.1) is 12.2 Å². The first-order valence-corrected chi connectivity index (χ1v) is 14.6. The number of carbonyl (C=O) groups is 1. The van der Waals surface area contributed by atoms with E-state index in [-0.39, 0.29) is 29.3 Å². The van der Waals surface area contributed by atoms with Crippen LogP contribution in [0.15, 0.2) is 0 Å². The topological polar surface area (TPSA) is 120 Å². The van der Waals surface area contributed by atoms with E-state index in [1.165, 1.54) is 25.7 Å². The summed E-state index contributed by atoms with van der Waals surface area (Å²) < 4.78 is 0. The van der Waals surface area contributed by atoms with Crippen molar-refractivity contribution < 1.29 is 15.0 Å². The molecule has 4 aliphatic rings. The predicted molar refractivity (Wildman–Crippen MR) is 146 cm³/mol. The zero-order chi connectivity index (χ0) is 26.9. The number of hydrogen-bond donors (Lipinski definition) is 6. The van der Waals surface area contributed by atoms with Crippen molar-refractivity contribution >= 4 is 5.91 Å². The van der Waals surface area contributed by atoms with E-state index in [4.69, 9.17) is 5.73 Å². The Morgan fingerprint density at radius 3 is 2.19 bits per heavy atom. The van der Waals surface area contributed by atoms with Crippen LogP contribution in [0.5, 0.6) is 0 Å². The molecule has 7 heteroatoms. The SMILES string of the molecule is CNC(C)(NC)NC.C[C@H](CCC(N)=O)[C@H]1CCC2C3CC[C@@H]4C[C@H](O)CC[C@]4(C)C3C[C@H](O)[C@@]21C. The Morgan fingerprint density at radius 2 is 1.64 bits per heavy atom. The number of nitrogens with one attached hydrogen (secondary N) is 3. The number of fused-ring (bicyclic) bond motifs is 5. The molecule has 4 rings (SSSR count). The number of carbonyl (C=O) groups excluding carboxylic acids is 1. The molecule has 0 radical (unpaired) electrons. The van der Waals surface area contributed by atoms with Crippen molar-refractivity contribution in [2.45, 2.75) is 110 Å². The van der Waals surface area contributed by atoms with E-state index in [1.807, 2.05) is 28.1 Å². The smallest absolute Gasteiger partial charge is 0.217 e. The average molecular weight is 509 g/mol. The van der Waals surface area contributed by atoms with Crippen molar-refractivity contribution in [1.82, 2.24) is 16.0 Å². The number of primary amides is 1. The van der Waals surface area contributed by atoms with Crippen LogP contribution in [0.25, 0.3) is 0 Å². The number of hydrogen-bond acceptors (Lipinski definition) is 6. The molecule has 7 nitrogen and oxygen atoms in total.